The highest BCUT2D eigenvalue weighted by atomic mass is 19.1. The molecule has 0 bridgehead atoms. The minimum atomic E-state index is -0.791. The van der Waals surface area contributed by atoms with Crippen LogP contribution >= 0.6 is 0 Å². The molecule has 1 saturated carbocycles. The zero-order chi connectivity index (χ0) is 21.4. The number of fused-ring (bicyclic) bond motifs is 1. The molecule has 3 N–H and O–H groups in total. The van der Waals surface area contributed by atoms with E-state index in [2.05, 4.69) is 0 Å². The fraction of sp³-hybridized carbons (Fsp3) is 0.391. The number of benzene rings is 2. The van der Waals surface area contributed by atoms with Crippen molar-refractivity contribution in [3.8, 4) is 5.75 Å². The number of amides is 2. The Kier molecular flexibility index (Phi) is 5.47. The number of halogens is 1. The largest absolute Gasteiger partial charge is 0.486 e. The van der Waals surface area contributed by atoms with Crippen LogP contribution in [0, 0.1) is 5.92 Å². The second kappa shape index (κ2) is 8.07. The van der Waals surface area contributed by atoms with Crippen LogP contribution in [0.25, 0.3) is 0 Å². The SMILES string of the molecule is CN(C(=O)c1cc(C(N)=O)c2c(c1)[C@H](c1ccccc1)[C@@H](CF)O2)[C@@H]1C[C@H]1CCO. The smallest absolute Gasteiger partial charge is 0.253 e. The lowest BCUT2D eigenvalue weighted by molar-refractivity contribution is 0.0775. The Morgan fingerprint density at radius 2 is 2.00 bits per heavy atom. The fourth-order valence-corrected chi connectivity index (χ4v) is 4.45. The van der Waals surface area contributed by atoms with Crippen LogP contribution in [-0.2, 0) is 0 Å². The number of aliphatic hydroxyl groups excluding tert-OH is 1. The van der Waals surface area contributed by atoms with Gasteiger partial charge in [0, 0.05) is 30.8 Å². The van der Waals surface area contributed by atoms with Gasteiger partial charge in [0.2, 0.25) is 0 Å². The lowest BCUT2D eigenvalue weighted by Gasteiger charge is -2.19. The number of hydrogen-bond donors (Lipinski definition) is 2. The number of rotatable bonds is 7. The summed E-state index contributed by atoms with van der Waals surface area (Å²) >= 11 is 0. The van der Waals surface area contributed by atoms with Crippen molar-refractivity contribution in [2.75, 3.05) is 20.3 Å². The average Bonchev–Trinajstić information content (AvgIpc) is 3.42. The lowest BCUT2D eigenvalue weighted by Crippen LogP contribution is -2.30. The summed E-state index contributed by atoms with van der Waals surface area (Å²) in [6.07, 6.45) is 0.706. The van der Waals surface area contributed by atoms with Crippen molar-refractivity contribution in [3.05, 3.63) is 64.7 Å². The third-order valence-electron chi connectivity index (χ3n) is 6.12. The highest BCUT2D eigenvalue weighted by Crippen LogP contribution is 2.45. The number of hydrogen-bond acceptors (Lipinski definition) is 4. The number of primary amides is 1. The number of ether oxygens (including phenoxy) is 1. The van der Waals surface area contributed by atoms with Crippen LogP contribution in [0.3, 0.4) is 0 Å². The summed E-state index contributed by atoms with van der Waals surface area (Å²) in [6.45, 7) is -0.644. The summed E-state index contributed by atoms with van der Waals surface area (Å²) in [7, 11) is 1.72. The Balaban J connectivity index is 1.74. The van der Waals surface area contributed by atoms with Gasteiger partial charge >= 0.3 is 0 Å². The van der Waals surface area contributed by atoms with Gasteiger partial charge in [-0.2, -0.15) is 0 Å². The molecule has 2 amide bonds. The molecule has 158 valence electrons. The molecule has 1 aliphatic carbocycles. The van der Waals surface area contributed by atoms with Crippen molar-refractivity contribution in [2.24, 2.45) is 11.7 Å². The summed E-state index contributed by atoms with van der Waals surface area (Å²) < 4.78 is 19.6. The Hall–Kier alpha value is -2.93. The standard InChI is InChI=1S/C23H25FN2O4/c1-26(18-11-14(18)7-8-27)23(29)15-9-16-20(13-5-3-2-4-6-13)19(12-24)30-21(16)17(10-15)22(25)28/h2-6,9-10,14,18-20,27H,7-8,11-12H2,1H3,(H2,25,28)/t14-,18-,19-,20+/m1/s1. The molecule has 4 atom stereocenters. The van der Waals surface area contributed by atoms with E-state index in [0.29, 0.717) is 17.5 Å². The van der Waals surface area contributed by atoms with Crippen molar-refractivity contribution >= 4 is 11.8 Å². The molecule has 30 heavy (non-hydrogen) atoms. The minimum Gasteiger partial charge on any atom is -0.486 e. The maximum absolute atomic E-state index is 13.8. The molecule has 0 unspecified atom stereocenters. The molecule has 1 aliphatic heterocycles. The first kappa shape index (κ1) is 20.3. The van der Waals surface area contributed by atoms with Gasteiger partial charge in [0.1, 0.15) is 18.5 Å². The Labute approximate surface area is 174 Å². The van der Waals surface area contributed by atoms with E-state index in [1.165, 1.54) is 6.07 Å². The molecule has 1 heterocycles. The minimum absolute atomic E-state index is 0.0645. The zero-order valence-corrected chi connectivity index (χ0v) is 16.8. The molecule has 2 aromatic carbocycles. The van der Waals surface area contributed by atoms with Crippen molar-refractivity contribution in [3.63, 3.8) is 0 Å². The molecule has 0 spiro atoms. The van der Waals surface area contributed by atoms with Crippen LogP contribution in [0.4, 0.5) is 4.39 Å². The molecular formula is C23H25FN2O4. The summed E-state index contributed by atoms with van der Waals surface area (Å²) in [5.41, 5.74) is 7.42. The average molecular weight is 412 g/mol. The van der Waals surface area contributed by atoms with Gasteiger partial charge in [-0.05, 0) is 36.5 Å². The van der Waals surface area contributed by atoms with Crippen molar-refractivity contribution in [1.29, 1.82) is 0 Å². The monoisotopic (exact) mass is 412 g/mol. The van der Waals surface area contributed by atoms with Crippen LogP contribution in [0.2, 0.25) is 0 Å². The van der Waals surface area contributed by atoms with E-state index >= 15 is 0 Å². The topological polar surface area (TPSA) is 92.9 Å². The molecule has 2 aliphatic rings. The number of alkyl halides is 1. The molecule has 2 aromatic rings. The van der Waals surface area contributed by atoms with E-state index in [0.717, 1.165) is 12.0 Å². The highest BCUT2D eigenvalue weighted by molar-refractivity contribution is 6.02. The first-order chi connectivity index (χ1) is 14.5. The van der Waals surface area contributed by atoms with Crippen LogP contribution in [0.5, 0.6) is 5.75 Å². The lowest BCUT2D eigenvalue weighted by atomic mass is 9.86. The summed E-state index contributed by atoms with van der Waals surface area (Å²) in [5.74, 6) is -0.862. The van der Waals surface area contributed by atoms with E-state index in [1.807, 2.05) is 30.3 Å². The molecule has 1 fully saturated rings. The molecule has 7 heteroatoms. The predicted octanol–water partition coefficient (Wildman–Crippen LogP) is 2.49. The Morgan fingerprint density at radius 1 is 1.27 bits per heavy atom. The maximum Gasteiger partial charge on any atom is 0.253 e. The van der Waals surface area contributed by atoms with Crippen LogP contribution in [0.15, 0.2) is 42.5 Å². The molecular weight excluding hydrogens is 387 g/mol. The number of carbonyl (C=O) groups is 2. The number of carbonyl (C=O) groups excluding carboxylic acids is 2. The van der Waals surface area contributed by atoms with Gasteiger partial charge in [0.25, 0.3) is 11.8 Å². The van der Waals surface area contributed by atoms with Crippen LogP contribution in [-0.4, -0.2) is 54.3 Å². The summed E-state index contributed by atoms with van der Waals surface area (Å²) in [5, 5.41) is 9.12. The number of nitrogens with two attached hydrogens (primary N) is 1. The first-order valence-corrected chi connectivity index (χ1v) is 10.1. The van der Waals surface area contributed by atoms with Gasteiger partial charge in [-0.3, -0.25) is 9.59 Å². The zero-order valence-electron chi connectivity index (χ0n) is 16.8. The van der Waals surface area contributed by atoms with E-state index in [9.17, 15) is 14.0 Å². The van der Waals surface area contributed by atoms with E-state index < -0.39 is 24.6 Å². The quantitative estimate of drug-likeness (QED) is 0.731. The van der Waals surface area contributed by atoms with Gasteiger partial charge in [-0.1, -0.05) is 30.3 Å². The van der Waals surface area contributed by atoms with Crippen LogP contribution < -0.4 is 10.5 Å². The van der Waals surface area contributed by atoms with E-state index in [4.69, 9.17) is 15.6 Å². The fourth-order valence-electron chi connectivity index (χ4n) is 4.45. The van der Waals surface area contributed by atoms with Crippen molar-refractivity contribution in [2.45, 2.75) is 30.9 Å². The molecule has 0 radical (unpaired) electrons. The van der Waals surface area contributed by atoms with E-state index in [1.54, 1.807) is 18.0 Å². The molecule has 4 rings (SSSR count). The highest BCUT2D eigenvalue weighted by Gasteiger charge is 2.43. The third-order valence-corrected chi connectivity index (χ3v) is 6.12. The van der Waals surface area contributed by atoms with Gasteiger partial charge < -0.3 is 20.5 Å². The van der Waals surface area contributed by atoms with Gasteiger partial charge in [0.05, 0.1) is 11.5 Å². The Bertz CT molecular complexity index is 965. The number of nitrogens with zero attached hydrogens (tertiary/aromatic N) is 1. The molecule has 6 nitrogen and oxygen atoms in total. The maximum atomic E-state index is 13.8. The molecule has 0 saturated heterocycles. The summed E-state index contributed by atoms with van der Waals surface area (Å²) in [4.78, 5) is 26.9. The van der Waals surface area contributed by atoms with E-state index in [-0.39, 0.29) is 35.8 Å². The molecule has 0 aromatic heterocycles. The third kappa shape index (κ3) is 3.54. The first-order valence-electron chi connectivity index (χ1n) is 10.1. The second-order valence-corrected chi connectivity index (χ2v) is 8.00. The summed E-state index contributed by atoms with van der Waals surface area (Å²) in [6, 6.07) is 12.5. The van der Waals surface area contributed by atoms with Crippen molar-refractivity contribution in [1.82, 2.24) is 4.90 Å². The normalized spacial score (nSPS) is 24.1. The predicted molar refractivity (Wildman–Crippen MR) is 109 cm³/mol. The Morgan fingerprint density at radius 3 is 2.63 bits per heavy atom. The van der Waals surface area contributed by atoms with Gasteiger partial charge in [-0.25, -0.2) is 4.39 Å². The number of aliphatic hydroxyl groups is 1. The second-order valence-electron chi connectivity index (χ2n) is 8.00. The van der Waals surface area contributed by atoms with Crippen molar-refractivity contribution < 1.29 is 23.8 Å². The van der Waals surface area contributed by atoms with Gasteiger partial charge in [-0.15, -0.1) is 0 Å². The van der Waals surface area contributed by atoms with Gasteiger partial charge in [0.15, 0.2) is 0 Å². The van der Waals surface area contributed by atoms with Crippen LogP contribution in [0.1, 0.15) is 50.6 Å².